The number of rotatable bonds is 5. The number of aryl methyl sites for hydroxylation is 1. The van der Waals surface area contributed by atoms with Crippen LogP contribution < -0.4 is 5.32 Å². The molecule has 4 aromatic heterocycles. The molecule has 6 nitrogen and oxygen atoms in total. The monoisotopic (exact) mass is 456 g/mol. The lowest BCUT2D eigenvalue weighted by Gasteiger charge is -2.32. The zero-order chi connectivity index (χ0) is 24.0. The van der Waals surface area contributed by atoms with Crippen LogP contribution in [0.1, 0.15) is 41.0 Å². The van der Waals surface area contributed by atoms with E-state index in [0.717, 1.165) is 65.4 Å². The number of fused-ring (bicyclic) bond motifs is 2. The maximum Gasteiger partial charge on any atom is 0.338 e. The molecular weight excluding hydrogens is 424 g/mol. The molecular formula is C28H32N4O2. The van der Waals surface area contributed by atoms with Gasteiger partial charge in [0.2, 0.25) is 0 Å². The van der Waals surface area contributed by atoms with E-state index >= 15 is 0 Å². The van der Waals surface area contributed by atoms with Crippen molar-refractivity contribution in [1.82, 2.24) is 19.0 Å². The number of hydrogen-bond acceptors (Lipinski definition) is 4. The maximum absolute atomic E-state index is 13.2. The van der Waals surface area contributed by atoms with Gasteiger partial charge in [0, 0.05) is 49.7 Å². The van der Waals surface area contributed by atoms with Crippen LogP contribution in [-0.2, 0) is 4.74 Å². The van der Waals surface area contributed by atoms with E-state index in [1.807, 2.05) is 26.8 Å². The Balaban J connectivity index is 1.74. The highest BCUT2D eigenvalue weighted by Gasteiger charge is 2.24. The van der Waals surface area contributed by atoms with Crippen molar-refractivity contribution in [3.05, 3.63) is 77.8 Å². The highest BCUT2D eigenvalue weighted by atomic mass is 16.5. The predicted molar refractivity (Wildman–Crippen MR) is 137 cm³/mol. The van der Waals surface area contributed by atoms with Crippen molar-refractivity contribution < 1.29 is 9.53 Å². The summed E-state index contributed by atoms with van der Waals surface area (Å²) in [5.41, 5.74) is 8.82. The summed E-state index contributed by atoms with van der Waals surface area (Å²) < 4.78 is 10.0. The first-order valence-electron chi connectivity index (χ1n) is 11.9. The van der Waals surface area contributed by atoms with Gasteiger partial charge in [-0.3, -0.25) is 0 Å². The molecule has 0 amide bonds. The van der Waals surface area contributed by atoms with Crippen LogP contribution in [0.3, 0.4) is 0 Å². The average molecular weight is 457 g/mol. The van der Waals surface area contributed by atoms with Gasteiger partial charge in [-0.25, -0.2) is 4.79 Å². The third kappa shape index (κ3) is 3.78. The number of hydrogen-bond donors (Lipinski definition) is 1. The molecule has 1 fully saturated rings. The first-order chi connectivity index (χ1) is 16.3. The molecule has 0 radical (unpaired) electrons. The number of esters is 1. The van der Waals surface area contributed by atoms with Crippen molar-refractivity contribution in [3.63, 3.8) is 0 Å². The highest BCUT2D eigenvalue weighted by molar-refractivity contribution is 5.96. The van der Waals surface area contributed by atoms with Crippen molar-refractivity contribution in [3.8, 4) is 11.3 Å². The van der Waals surface area contributed by atoms with Crippen LogP contribution in [0.5, 0.6) is 0 Å². The van der Waals surface area contributed by atoms with Crippen molar-refractivity contribution in [2.24, 2.45) is 0 Å². The average Bonchev–Trinajstić information content (AvgIpc) is 3.41. The summed E-state index contributed by atoms with van der Waals surface area (Å²) in [7, 11) is 0. The zero-order valence-electron chi connectivity index (χ0n) is 20.4. The largest absolute Gasteiger partial charge is 0.459 e. The quantitative estimate of drug-likeness (QED) is 0.433. The topological polar surface area (TPSA) is 50.4 Å². The molecule has 6 heteroatoms. The first-order valence-corrected chi connectivity index (χ1v) is 11.9. The standard InChI is InChI=1S/C28H32N4O2/c1-18(2)34-28(33)24-16-26-23(25-9-8-22-7-6-19(3)17-32(22)25)10-13-31(26)27(20(24)4)21(5)30-14-11-29-12-15-30/h6-10,13,16-18,29H,5,11-12,14-15H2,1-4H3. The minimum Gasteiger partial charge on any atom is -0.459 e. The van der Waals surface area contributed by atoms with Gasteiger partial charge in [-0.05, 0) is 69.2 Å². The minimum absolute atomic E-state index is 0.188. The summed E-state index contributed by atoms with van der Waals surface area (Å²) in [6.45, 7) is 15.9. The second-order valence-corrected chi connectivity index (χ2v) is 9.37. The molecule has 0 aromatic carbocycles. The second-order valence-electron chi connectivity index (χ2n) is 9.37. The van der Waals surface area contributed by atoms with E-state index in [0.29, 0.717) is 5.56 Å². The van der Waals surface area contributed by atoms with E-state index in [-0.39, 0.29) is 12.1 Å². The number of nitrogens with zero attached hydrogens (tertiary/aromatic N) is 3. The van der Waals surface area contributed by atoms with E-state index in [4.69, 9.17) is 4.74 Å². The summed E-state index contributed by atoms with van der Waals surface area (Å²) >= 11 is 0. The second kappa shape index (κ2) is 8.69. The van der Waals surface area contributed by atoms with Crippen molar-refractivity contribution in [1.29, 1.82) is 0 Å². The van der Waals surface area contributed by atoms with Gasteiger partial charge in [0.1, 0.15) is 0 Å². The van der Waals surface area contributed by atoms with Crippen LogP contribution in [0.2, 0.25) is 0 Å². The molecule has 0 spiro atoms. The van der Waals surface area contributed by atoms with Crippen LogP contribution in [0.25, 0.3) is 28.0 Å². The van der Waals surface area contributed by atoms with Crippen LogP contribution in [0.4, 0.5) is 0 Å². The molecule has 1 aliphatic rings. The molecule has 0 saturated carbocycles. The summed E-state index contributed by atoms with van der Waals surface area (Å²) in [5, 5.41) is 3.40. The molecule has 0 atom stereocenters. The maximum atomic E-state index is 13.2. The van der Waals surface area contributed by atoms with Gasteiger partial charge in [-0.15, -0.1) is 0 Å². The van der Waals surface area contributed by atoms with Crippen LogP contribution in [0.15, 0.2) is 55.4 Å². The predicted octanol–water partition coefficient (Wildman–Crippen LogP) is 4.92. The fourth-order valence-corrected chi connectivity index (χ4v) is 4.91. The number of piperazine rings is 1. The molecule has 0 aliphatic carbocycles. The Labute approximate surface area is 200 Å². The van der Waals surface area contributed by atoms with Gasteiger partial charge >= 0.3 is 5.97 Å². The Morgan fingerprint density at radius 1 is 1.06 bits per heavy atom. The van der Waals surface area contributed by atoms with Crippen LogP contribution in [0, 0.1) is 13.8 Å². The number of carbonyl (C=O) groups is 1. The Kier molecular flexibility index (Phi) is 5.70. The van der Waals surface area contributed by atoms with Gasteiger partial charge in [0.15, 0.2) is 0 Å². The van der Waals surface area contributed by atoms with E-state index in [9.17, 15) is 4.79 Å². The van der Waals surface area contributed by atoms with E-state index in [2.05, 4.69) is 75.2 Å². The number of pyridine rings is 2. The lowest BCUT2D eigenvalue weighted by atomic mass is 10.0. The van der Waals surface area contributed by atoms with Gasteiger partial charge < -0.3 is 23.8 Å². The number of carbonyl (C=O) groups excluding carboxylic acids is 1. The van der Waals surface area contributed by atoms with Gasteiger partial charge in [0.25, 0.3) is 0 Å². The fourth-order valence-electron chi connectivity index (χ4n) is 4.91. The molecule has 1 N–H and O–H groups in total. The molecule has 4 aromatic rings. The van der Waals surface area contributed by atoms with Gasteiger partial charge in [-0.2, -0.15) is 0 Å². The SMILES string of the molecule is C=C(c1c(C)c(C(=O)OC(C)C)cc2c(-c3ccc4ccc(C)cn34)ccn12)N1CCNCC1. The zero-order valence-corrected chi connectivity index (χ0v) is 20.4. The molecule has 0 unspecified atom stereocenters. The first kappa shape index (κ1) is 22.3. The molecule has 34 heavy (non-hydrogen) atoms. The fraction of sp³-hybridized carbons (Fsp3) is 0.321. The number of aromatic nitrogens is 2. The van der Waals surface area contributed by atoms with Crippen molar-refractivity contribution in [2.75, 3.05) is 26.2 Å². The Bertz CT molecular complexity index is 1400. The van der Waals surface area contributed by atoms with Crippen molar-refractivity contribution >= 4 is 22.7 Å². The molecule has 1 saturated heterocycles. The third-order valence-corrected chi connectivity index (χ3v) is 6.62. The molecule has 0 bridgehead atoms. The Morgan fingerprint density at radius 3 is 2.53 bits per heavy atom. The smallest absolute Gasteiger partial charge is 0.338 e. The van der Waals surface area contributed by atoms with Gasteiger partial charge in [0.05, 0.1) is 34.3 Å². The lowest BCUT2D eigenvalue weighted by molar-refractivity contribution is 0.0377. The Morgan fingerprint density at radius 2 is 1.79 bits per heavy atom. The summed E-state index contributed by atoms with van der Waals surface area (Å²) in [4.78, 5) is 15.5. The van der Waals surface area contributed by atoms with E-state index < -0.39 is 0 Å². The molecule has 1 aliphatic heterocycles. The van der Waals surface area contributed by atoms with E-state index in [1.54, 1.807) is 0 Å². The van der Waals surface area contributed by atoms with Crippen molar-refractivity contribution in [2.45, 2.75) is 33.8 Å². The molecule has 5 rings (SSSR count). The van der Waals surface area contributed by atoms with Crippen LogP contribution in [-0.4, -0.2) is 52.0 Å². The third-order valence-electron chi connectivity index (χ3n) is 6.62. The number of nitrogens with one attached hydrogen (secondary N) is 1. The summed E-state index contributed by atoms with van der Waals surface area (Å²) in [5.74, 6) is -0.299. The van der Waals surface area contributed by atoms with Gasteiger partial charge in [-0.1, -0.05) is 12.6 Å². The summed E-state index contributed by atoms with van der Waals surface area (Å²) in [6.07, 6.45) is 4.05. The highest BCUT2D eigenvalue weighted by Crippen LogP contribution is 2.34. The van der Waals surface area contributed by atoms with Crippen LogP contribution >= 0.6 is 0 Å². The minimum atomic E-state index is -0.299. The Hall–Kier alpha value is -3.51. The normalized spacial score (nSPS) is 14.3. The lowest BCUT2D eigenvalue weighted by Crippen LogP contribution is -2.42. The summed E-state index contributed by atoms with van der Waals surface area (Å²) in [6, 6.07) is 12.6. The molecule has 176 valence electrons. The number of ether oxygens (including phenoxy) is 1. The van der Waals surface area contributed by atoms with E-state index in [1.165, 1.54) is 5.56 Å². The molecule has 5 heterocycles.